The number of rotatable bonds is 2. The Bertz CT molecular complexity index is 625. The number of nitrogens with zero attached hydrogens (tertiary/aromatic N) is 2. The number of β-amino-alcohol motifs (C(OH)–C–C–N with tert-alkyl or cyclic N) is 1. The molecule has 2 aromatic rings. The number of aromatic nitrogens is 1. The van der Waals surface area contributed by atoms with Crippen molar-refractivity contribution in [1.82, 2.24) is 9.88 Å². The molecule has 1 aromatic heterocycles. The summed E-state index contributed by atoms with van der Waals surface area (Å²) in [5.74, 6) is -0.0351. The summed E-state index contributed by atoms with van der Waals surface area (Å²) in [6.07, 6.45) is 1.57. The van der Waals surface area contributed by atoms with E-state index in [0.29, 0.717) is 11.3 Å². The zero-order valence-corrected chi connectivity index (χ0v) is 13.8. The van der Waals surface area contributed by atoms with Gasteiger partial charge in [0.25, 0.3) is 5.91 Å². The molecule has 3 rings (SSSR count). The molecule has 109 valence electrons. The predicted octanol–water partition coefficient (Wildman–Crippen LogP) is 1.13. The second kappa shape index (κ2) is 5.94. The van der Waals surface area contributed by atoms with Crippen LogP contribution in [0.4, 0.5) is 0 Å². The average Bonchev–Trinajstić information content (AvgIpc) is 2.45. The average molecular weight is 456 g/mol. The molecule has 1 saturated heterocycles. The van der Waals surface area contributed by atoms with Crippen LogP contribution < -0.4 is 0 Å². The van der Waals surface area contributed by atoms with E-state index in [1.54, 1.807) is 41.4 Å². The van der Waals surface area contributed by atoms with Gasteiger partial charge in [-0.05, 0) is 29.8 Å². The van der Waals surface area contributed by atoms with E-state index < -0.39 is 5.60 Å². The zero-order valence-electron chi connectivity index (χ0n) is 11.1. The molecule has 2 N–H and O–H groups in total. The van der Waals surface area contributed by atoms with Crippen LogP contribution in [0.2, 0.25) is 0 Å². The van der Waals surface area contributed by atoms with Gasteiger partial charge in [-0.2, -0.15) is 0 Å². The third-order valence-electron chi connectivity index (χ3n) is 3.48. The van der Waals surface area contributed by atoms with Crippen molar-refractivity contribution < 1.29 is 35.4 Å². The van der Waals surface area contributed by atoms with Crippen molar-refractivity contribution >= 4 is 5.91 Å². The standard InChI is InChI=1S/C15H14N2O3.Re/c18-12-6-4-11(5-7-12)15(20)9-17(10-15)14(19)13-3-1-2-8-16-13;/h1-8,18,20H,9-10H2;. The molecule has 0 aliphatic carbocycles. The van der Waals surface area contributed by atoms with Crippen LogP contribution in [0.15, 0.2) is 48.7 Å². The van der Waals surface area contributed by atoms with E-state index in [1.165, 1.54) is 12.1 Å². The number of hydrogen-bond donors (Lipinski definition) is 2. The molecule has 1 aromatic carbocycles. The second-order valence-corrected chi connectivity index (χ2v) is 4.95. The van der Waals surface area contributed by atoms with Gasteiger partial charge in [0.05, 0.1) is 13.1 Å². The summed E-state index contributed by atoms with van der Waals surface area (Å²) in [5, 5.41) is 19.7. The first-order chi connectivity index (χ1) is 9.58. The molecule has 0 unspecified atom stereocenters. The van der Waals surface area contributed by atoms with Crippen LogP contribution in [0.3, 0.4) is 0 Å². The maximum atomic E-state index is 12.1. The molecule has 1 aliphatic heterocycles. The predicted molar refractivity (Wildman–Crippen MR) is 72.1 cm³/mol. The van der Waals surface area contributed by atoms with Gasteiger partial charge < -0.3 is 15.1 Å². The summed E-state index contributed by atoms with van der Waals surface area (Å²) in [6, 6.07) is 11.5. The minimum Gasteiger partial charge on any atom is -0.508 e. The van der Waals surface area contributed by atoms with E-state index >= 15 is 0 Å². The Morgan fingerprint density at radius 3 is 2.38 bits per heavy atom. The number of amides is 1. The van der Waals surface area contributed by atoms with Gasteiger partial charge in [0.1, 0.15) is 17.0 Å². The normalized spacial score (nSPS) is 15.8. The van der Waals surface area contributed by atoms with Gasteiger partial charge in [-0.3, -0.25) is 9.78 Å². The number of phenolic OH excluding ortho intramolecular Hbond substituents is 1. The van der Waals surface area contributed by atoms with E-state index in [1.807, 2.05) is 0 Å². The van der Waals surface area contributed by atoms with Crippen molar-refractivity contribution in [1.29, 1.82) is 0 Å². The number of benzene rings is 1. The Morgan fingerprint density at radius 2 is 1.81 bits per heavy atom. The van der Waals surface area contributed by atoms with E-state index in [4.69, 9.17) is 0 Å². The number of aromatic hydroxyl groups is 1. The third kappa shape index (κ3) is 2.98. The van der Waals surface area contributed by atoms with Gasteiger partial charge in [-0.15, -0.1) is 0 Å². The molecule has 5 nitrogen and oxygen atoms in total. The number of carbonyl (C=O) groups excluding carboxylic acids is 1. The van der Waals surface area contributed by atoms with Crippen molar-refractivity contribution in [3.05, 3.63) is 59.9 Å². The monoisotopic (exact) mass is 457 g/mol. The molecular formula is C15H14N2O3Re. The van der Waals surface area contributed by atoms with Crippen LogP contribution in [-0.4, -0.2) is 39.1 Å². The Hall–Kier alpha value is -1.74. The van der Waals surface area contributed by atoms with Crippen LogP contribution in [0.25, 0.3) is 0 Å². The molecule has 0 spiro atoms. The molecule has 1 aliphatic rings. The number of pyridine rings is 1. The first-order valence-electron chi connectivity index (χ1n) is 6.31. The second-order valence-electron chi connectivity index (χ2n) is 4.95. The first kappa shape index (κ1) is 15.6. The minimum absolute atomic E-state index is 0. The summed E-state index contributed by atoms with van der Waals surface area (Å²) < 4.78 is 0. The molecular weight excluding hydrogens is 442 g/mol. The molecule has 0 saturated carbocycles. The van der Waals surface area contributed by atoms with Crippen molar-refractivity contribution in [2.24, 2.45) is 0 Å². The number of phenols is 1. The fraction of sp³-hybridized carbons (Fsp3) is 0.200. The molecule has 0 bridgehead atoms. The largest absolute Gasteiger partial charge is 0.508 e. The zero-order chi connectivity index (χ0) is 14.2. The Kier molecular flexibility index (Phi) is 4.43. The van der Waals surface area contributed by atoms with E-state index in [2.05, 4.69) is 4.98 Å². The SMILES string of the molecule is O=C(c1ccccn1)N1CC(O)(c2ccc(O)cc2)C1.[Re]. The van der Waals surface area contributed by atoms with E-state index in [9.17, 15) is 15.0 Å². The van der Waals surface area contributed by atoms with Gasteiger partial charge in [-0.1, -0.05) is 18.2 Å². The topological polar surface area (TPSA) is 73.7 Å². The number of hydrogen-bond acceptors (Lipinski definition) is 4. The van der Waals surface area contributed by atoms with Crippen LogP contribution in [-0.2, 0) is 26.0 Å². The van der Waals surface area contributed by atoms with Gasteiger partial charge in [0, 0.05) is 26.6 Å². The Morgan fingerprint density at radius 1 is 1.14 bits per heavy atom. The van der Waals surface area contributed by atoms with E-state index in [0.717, 1.165) is 0 Å². The van der Waals surface area contributed by atoms with Crippen LogP contribution >= 0.6 is 0 Å². The van der Waals surface area contributed by atoms with Crippen LogP contribution in [0.1, 0.15) is 16.1 Å². The fourth-order valence-electron chi connectivity index (χ4n) is 2.33. The first-order valence-corrected chi connectivity index (χ1v) is 6.31. The van der Waals surface area contributed by atoms with Gasteiger partial charge in [0.15, 0.2) is 0 Å². The fourth-order valence-corrected chi connectivity index (χ4v) is 2.33. The molecule has 2 heterocycles. The van der Waals surface area contributed by atoms with Crippen molar-refractivity contribution in [3.8, 4) is 5.75 Å². The molecule has 1 fully saturated rings. The quantitative estimate of drug-likeness (QED) is 0.711. The molecule has 6 heteroatoms. The molecule has 1 radical (unpaired) electrons. The number of carbonyl (C=O) groups is 1. The molecule has 0 atom stereocenters. The molecule has 21 heavy (non-hydrogen) atoms. The van der Waals surface area contributed by atoms with Gasteiger partial charge in [0.2, 0.25) is 0 Å². The van der Waals surface area contributed by atoms with Gasteiger partial charge in [-0.25, -0.2) is 0 Å². The van der Waals surface area contributed by atoms with Crippen LogP contribution in [0, 0.1) is 0 Å². The number of aliphatic hydroxyl groups is 1. The van der Waals surface area contributed by atoms with Crippen LogP contribution in [0.5, 0.6) is 5.75 Å². The Labute approximate surface area is 135 Å². The summed E-state index contributed by atoms with van der Waals surface area (Å²) in [6.45, 7) is 0.459. The Balaban J connectivity index is 0.00000161. The maximum Gasteiger partial charge on any atom is 0.272 e. The smallest absolute Gasteiger partial charge is 0.272 e. The third-order valence-corrected chi connectivity index (χ3v) is 3.48. The molecule has 1 amide bonds. The number of likely N-dealkylation sites (tertiary alicyclic amines) is 1. The minimum atomic E-state index is -1.04. The van der Waals surface area contributed by atoms with Crippen molar-refractivity contribution in [2.45, 2.75) is 5.60 Å². The van der Waals surface area contributed by atoms with E-state index in [-0.39, 0.29) is 45.2 Å². The van der Waals surface area contributed by atoms with Crippen molar-refractivity contribution in [3.63, 3.8) is 0 Å². The summed E-state index contributed by atoms with van der Waals surface area (Å²) in [5.41, 5.74) is 0.0265. The van der Waals surface area contributed by atoms with Crippen molar-refractivity contribution in [2.75, 3.05) is 13.1 Å². The maximum absolute atomic E-state index is 12.1. The van der Waals surface area contributed by atoms with Gasteiger partial charge >= 0.3 is 0 Å². The summed E-state index contributed by atoms with van der Waals surface area (Å²) in [4.78, 5) is 17.7. The summed E-state index contributed by atoms with van der Waals surface area (Å²) >= 11 is 0. The summed E-state index contributed by atoms with van der Waals surface area (Å²) in [7, 11) is 0.